The summed E-state index contributed by atoms with van der Waals surface area (Å²) in [6, 6.07) is 8.30. The molecule has 1 N–H and O–H groups in total. The number of nitrogens with zero attached hydrogens (tertiary/aromatic N) is 2. The Morgan fingerprint density at radius 3 is 2.82 bits per heavy atom. The lowest BCUT2D eigenvalue weighted by atomic mass is 9.83. The molecule has 0 unspecified atom stereocenters. The maximum atomic E-state index is 12.1. The second-order valence-electron chi connectivity index (χ2n) is 6.64. The highest BCUT2D eigenvalue weighted by Crippen LogP contribution is 2.29. The Bertz CT molecular complexity index is 655. The lowest BCUT2D eigenvalue weighted by molar-refractivity contribution is -0.117. The van der Waals surface area contributed by atoms with Crippen molar-refractivity contribution in [1.82, 2.24) is 9.47 Å². The number of aromatic nitrogens is 1. The van der Waals surface area contributed by atoms with Crippen LogP contribution in [-0.2, 0) is 11.3 Å². The zero-order chi connectivity index (χ0) is 15.5. The molecule has 1 aliphatic rings. The third-order valence-corrected chi connectivity index (χ3v) is 4.54. The summed E-state index contributed by atoms with van der Waals surface area (Å²) in [5.41, 5.74) is 2.09. The van der Waals surface area contributed by atoms with Crippen LogP contribution in [0, 0.1) is 5.92 Å². The van der Waals surface area contributed by atoms with Crippen LogP contribution in [0.1, 0.15) is 25.7 Å². The first-order chi connectivity index (χ1) is 10.6. The van der Waals surface area contributed by atoms with E-state index in [-0.39, 0.29) is 5.91 Å². The topological polar surface area (TPSA) is 37.3 Å². The summed E-state index contributed by atoms with van der Waals surface area (Å²) in [4.78, 5) is 14.2. The molecule has 1 fully saturated rings. The first-order valence-corrected chi connectivity index (χ1v) is 8.15. The first kappa shape index (κ1) is 15.1. The average Bonchev–Trinajstić information content (AvgIpc) is 2.83. The van der Waals surface area contributed by atoms with Gasteiger partial charge in [-0.2, -0.15) is 0 Å². The standard InChI is InChI=1S/C18H25N3O/c1-20(2)10-11-21-9-8-15-6-7-16(13-17(15)21)19-18(22)12-14-4-3-5-14/h6-9,13-14H,3-5,10-12H2,1-2H3,(H,19,22). The van der Waals surface area contributed by atoms with E-state index in [1.165, 1.54) is 30.2 Å². The molecule has 1 aromatic carbocycles. The molecule has 0 bridgehead atoms. The number of rotatable bonds is 6. The van der Waals surface area contributed by atoms with Gasteiger partial charge in [-0.05, 0) is 56.4 Å². The summed E-state index contributed by atoms with van der Waals surface area (Å²) in [7, 11) is 4.16. The molecular formula is C18H25N3O. The molecule has 0 radical (unpaired) electrons. The summed E-state index contributed by atoms with van der Waals surface area (Å²) in [5.74, 6) is 0.753. The summed E-state index contributed by atoms with van der Waals surface area (Å²) in [6.07, 6.45) is 6.48. The fraction of sp³-hybridized carbons (Fsp3) is 0.500. The van der Waals surface area contributed by atoms with Crippen LogP contribution in [0.3, 0.4) is 0 Å². The normalized spacial score (nSPS) is 15.2. The summed E-state index contributed by atoms with van der Waals surface area (Å²) < 4.78 is 2.25. The molecule has 4 nitrogen and oxygen atoms in total. The highest BCUT2D eigenvalue weighted by Gasteiger charge is 2.20. The molecule has 4 heteroatoms. The van der Waals surface area contributed by atoms with Gasteiger partial charge in [-0.15, -0.1) is 0 Å². The molecule has 2 aromatic rings. The van der Waals surface area contributed by atoms with Gasteiger partial charge in [0.15, 0.2) is 0 Å². The molecule has 1 amide bonds. The summed E-state index contributed by atoms with van der Waals surface area (Å²) in [5, 5.41) is 4.27. The number of nitrogens with one attached hydrogen (secondary N) is 1. The molecule has 0 atom stereocenters. The Labute approximate surface area is 132 Å². The van der Waals surface area contributed by atoms with E-state index in [0.29, 0.717) is 12.3 Å². The van der Waals surface area contributed by atoms with Gasteiger partial charge in [0.05, 0.1) is 5.52 Å². The molecule has 1 heterocycles. The van der Waals surface area contributed by atoms with E-state index in [4.69, 9.17) is 0 Å². The zero-order valence-electron chi connectivity index (χ0n) is 13.5. The lowest BCUT2D eigenvalue weighted by Crippen LogP contribution is -2.21. The summed E-state index contributed by atoms with van der Waals surface area (Å²) >= 11 is 0. The predicted octanol–water partition coefficient (Wildman–Crippen LogP) is 3.33. The van der Waals surface area contributed by atoms with Crippen molar-refractivity contribution in [2.75, 3.05) is 26.0 Å². The van der Waals surface area contributed by atoms with Gasteiger partial charge in [0.1, 0.15) is 0 Å². The zero-order valence-corrected chi connectivity index (χ0v) is 13.5. The number of hydrogen-bond donors (Lipinski definition) is 1. The van der Waals surface area contributed by atoms with E-state index in [2.05, 4.69) is 53.3 Å². The van der Waals surface area contributed by atoms with Crippen LogP contribution in [0.15, 0.2) is 30.5 Å². The van der Waals surface area contributed by atoms with Gasteiger partial charge in [0.2, 0.25) is 5.91 Å². The molecule has 1 aromatic heterocycles. The molecule has 22 heavy (non-hydrogen) atoms. The van der Waals surface area contributed by atoms with Crippen LogP contribution in [0.5, 0.6) is 0 Å². The van der Waals surface area contributed by atoms with Crippen molar-refractivity contribution in [1.29, 1.82) is 0 Å². The van der Waals surface area contributed by atoms with Crippen LogP contribution in [-0.4, -0.2) is 36.0 Å². The van der Waals surface area contributed by atoms with Gasteiger partial charge >= 0.3 is 0 Å². The van der Waals surface area contributed by atoms with E-state index in [0.717, 1.165) is 18.8 Å². The third kappa shape index (κ3) is 3.50. The maximum absolute atomic E-state index is 12.1. The van der Waals surface area contributed by atoms with Gasteiger partial charge in [-0.25, -0.2) is 0 Å². The third-order valence-electron chi connectivity index (χ3n) is 4.54. The highest BCUT2D eigenvalue weighted by atomic mass is 16.1. The average molecular weight is 299 g/mol. The highest BCUT2D eigenvalue weighted by molar-refractivity contribution is 5.93. The van der Waals surface area contributed by atoms with E-state index in [9.17, 15) is 4.79 Å². The van der Waals surface area contributed by atoms with Crippen molar-refractivity contribution in [3.63, 3.8) is 0 Å². The van der Waals surface area contributed by atoms with Gasteiger partial charge in [0.25, 0.3) is 0 Å². The predicted molar refractivity (Wildman–Crippen MR) is 91.1 cm³/mol. The quantitative estimate of drug-likeness (QED) is 0.888. The lowest BCUT2D eigenvalue weighted by Gasteiger charge is -2.24. The minimum atomic E-state index is 0.149. The number of amides is 1. The van der Waals surface area contributed by atoms with E-state index in [1.54, 1.807) is 0 Å². The molecular weight excluding hydrogens is 274 g/mol. The molecule has 0 aliphatic heterocycles. The fourth-order valence-corrected chi connectivity index (χ4v) is 2.94. The second kappa shape index (κ2) is 6.53. The minimum absolute atomic E-state index is 0.149. The smallest absolute Gasteiger partial charge is 0.224 e. The van der Waals surface area contributed by atoms with Crippen molar-refractivity contribution in [3.05, 3.63) is 30.5 Å². The minimum Gasteiger partial charge on any atom is -0.346 e. The Balaban J connectivity index is 1.70. The van der Waals surface area contributed by atoms with Crippen molar-refractivity contribution in [2.45, 2.75) is 32.2 Å². The molecule has 1 saturated carbocycles. The SMILES string of the molecule is CN(C)CCn1ccc2ccc(NC(=O)CC3CCC3)cc21. The van der Waals surface area contributed by atoms with Crippen molar-refractivity contribution in [2.24, 2.45) is 5.92 Å². The number of carbonyl (C=O) groups excluding carboxylic acids is 1. The monoisotopic (exact) mass is 299 g/mol. The van der Waals surface area contributed by atoms with E-state index in [1.807, 2.05) is 6.07 Å². The molecule has 1 aliphatic carbocycles. The fourth-order valence-electron chi connectivity index (χ4n) is 2.94. The van der Waals surface area contributed by atoms with Crippen molar-refractivity contribution < 1.29 is 4.79 Å². The van der Waals surface area contributed by atoms with Gasteiger partial charge in [0, 0.05) is 31.4 Å². The van der Waals surface area contributed by atoms with Gasteiger partial charge in [-0.3, -0.25) is 4.79 Å². The van der Waals surface area contributed by atoms with Crippen LogP contribution in [0.4, 0.5) is 5.69 Å². The molecule has 0 spiro atoms. The van der Waals surface area contributed by atoms with Crippen LogP contribution >= 0.6 is 0 Å². The van der Waals surface area contributed by atoms with Crippen LogP contribution < -0.4 is 5.32 Å². The number of fused-ring (bicyclic) bond motifs is 1. The van der Waals surface area contributed by atoms with E-state index >= 15 is 0 Å². The summed E-state index contributed by atoms with van der Waals surface area (Å²) in [6.45, 7) is 1.96. The second-order valence-corrected chi connectivity index (χ2v) is 6.64. The number of carbonyl (C=O) groups is 1. The maximum Gasteiger partial charge on any atom is 0.224 e. The van der Waals surface area contributed by atoms with Crippen molar-refractivity contribution >= 4 is 22.5 Å². The van der Waals surface area contributed by atoms with Gasteiger partial charge in [-0.1, -0.05) is 12.5 Å². The van der Waals surface area contributed by atoms with Gasteiger partial charge < -0.3 is 14.8 Å². The Morgan fingerprint density at radius 1 is 1.32 bits per heavy atom. The molecule has 0 saturated heterocycles. The molecule has 3 rings (SSSR count). The Hall–Kier alpha value is -1.81. The molecule has 118 valence electrons. The number of anilines is 1. The Morgan fingerprint density at radius 2 is 2.14 bits per heavy atom. The number of benzene rings is 1. The van der Waals surface area contributed by atoms with E-state index < -0.39 is 0 Å². The first-order valence-electron chi connectivity index (χ1n) is 8.15. The largest absolute Gasteiger partial charge is 0.346 e. The van der Waals surface area contributed by atoms with Crippen LogP contribution in [0.25, 0.3) is 10.9 Å². The number of hydrogen-bond acceptors (Lipinski definition) is 2. The Kier molecular flexibility index (Phi) is 4.48. The number of likely N-dealkylation sites (N-methyl/N-ethyl adjacent to an activating group) is 1. The van der Waals surface area contributed by atoms with Crippen LogP contribution in [0.2, 0.25) is 0 Å². The van der Waals surface area contributed by atoms with Crippen molar-refractivity contribution in [3.8, 4) is 0 Å².